The molecule has 7 nitrogen and oxygen atoms in total. The van der Waals surface area contributed by atoms with Gasteiger partial charge in [-0.15, -0.1) is 0 Å². The first kappa shape index (κ1) is 24.2. The van der Waals surface area contributed by atoms with Crippen molar-refractivity contribution < 1.29 is 14.3 Å². The Balaban J connectivity index is 1.78. The number of carbonyl (C=O) groups is 2. The van der Waals surface area contributed by atoms with Crippen LogP contribution in [0.15, 0.2) is 41.4 Å². The van der Waals surface area contributed by atoms with E-state index in [4.69, 9.17) is 21.3 Å². The predicted molar refractivity (Wildman–Crippen MR) is 135 cm³/mol. The highest BCUT2D eigenvalue weighted by Crippen LogP contribution is 2.43. The summed E-state index contributed by atoms with van der Waals surface area (Å²) in [5.74, 6) is 0.506. The van der Waals surface area contributed by atoms with Crippen LogP contribution >= 0.6 is 11.6 Å². The number of carbonyl (C=O) groups excluding carboxylic acids is 2. The third-order valence-electron chi connectivity index (χ3n) is 6.56. The molecule has 1 saturated heterocycles. The topological polar surface area (TPSA) is 74.2 Å². The minimum absolute atomic E-state index is 0.186. The zero-order valence-corrected chi connectivity index (χ0v) is 20.9. The third kappa shape index (κ3) is 4.81. The Morgan fingerprint density at radius 1 is 1.03 bits per heavy atom. The minimum atomic E-state index is -0.210. The van der Waals surface area contributed by atoms with E-state index < -0.39 is 0 Å². The monoisotopic (exact) mass is 482 g/mol. The second-order valence-electron chi connectivity index (χ2n) is 9.44. The summed E-state index contributed by atoms with van der Waals surface area (Å²) >= 11 is 6.16. The van der Waals surface area contributed by atoms with E-state index in [0.717, 1.165) is 41.9 Å². The molecule has 0 radical (unpaired) electrons. The van der Waals surface area contributed by atoms with Crippen molar-refractivity contribution in [2.24, 2.45) is 10.4 Å². The van der Waals surface area contributed by atoms with Gasteiger partial charge in [-0.3, -0.25) is 14.6 Å². The van der Waals surface area contributed by atoms with Crippen molar-refractivity contribution in [1.82, 2.24) is 9.80 Å². The molecule has 0 atom stereocenters. The molecule has 8 heteroatoms. The van der Waals surface area contributed by atoms with Gasteiger partial charge in [-0.1, -0.05) is 23.7 Å². The summed E-state index contributed by atoms with van der Waals surface area (Å²) in [4.78, 5) is 33.9. The summed E-state index contributed by atoms with van der Waals surface area (Å²) in [5, 5.41) is 4.22. The Morgan fingerprint density at radius 2 is 1.68 bits per heavy atom. The van der Waals surface area contributed by atoms with E-state index in [0.29, 0.717) is 35.9 Å². The second-order valence-corrected chi connectivity index (χ2v) is 9.88. The maximum atomic E-state index is 13.0. The van der Waals surface area contributed by atoms with E-state index in [1.54, 1.807) is 34.3 Å². The molecule has 2 heterocycles. The van der Waals surface area contributed by atoms with Crippen LogP contribution in [0.25, 0.3) is 0 Å². The molecule has 180 valence electrons. The number of anilines is 1. The molecule has 2 aliphatic heterocycles. The van der Waals surface area contributed by atoms with Gasteiger partial charge < -0.3 is 19.9 Å². The van der Waals surface area contributed by atoms with Crippen LogP contribution in [0, 0.1) is 5.41 Å². The summed E-state index contributed by atoms with van der Waals surface area (Å²) in [5.41, 5.74) is 3.48. The Kier molecular flexibility index (Phi) is 6.96. The van der Waals surface area contributed by atoms with Gasteiger partial charge in [-0.05, 0) is 54.7 Å². The van der Waals surface area contributed by atoms with Crippen molar-refractivity contribution in [2.75, 3.05) is 46.7 Å². The van der Waals surface area contributed by atoms with E-state index in [1.807, 2.05) is 30.3 Å². The standard InChI is InChI=1S/C26H31ClN4O3/c1-30(2)23(32)20-13-18-15-26(8-10-34-11-9-26)25(28-16-17-6-5-7-19(27)12-17)29-22(18)14-21(20)24(33)31(3)4/h5-7,12-14H,8-11,15-16H2,1-4H3,(H,28,29). The van der Waals surface area contributed by atoms with Crippen LogP contribution in [0.3, 0.4) is 0 Å². The van der Waals surface area contributed by atoms with Gasteiger partial charge in [-0.2, -0.15) is 0 Å². The van der Waals surface area contributed by atoms with Crippen LogP contribution in [-0.4, -0.2) is 68.9 Å². The predicted octanol–water partition coefficient (Wildman–Crippen LogP) is 4.11. The summed E-state index contributed by atoms with van der Waals surface area (Å²) in [6, 6.07) is 11.4. The number of amidine groups is 1. The van der Waals surface area contributed by atoms with Crippen molar-refractivity contribution in [3.05, 3.63) is 63.7 Å². The van der Waals surface area contributed by atoms with Crippen molar-refractivity contribution in [3.8, 4) is 0 Å². The largest absolute Gasteiger partial charge is 0.381 e. The number of hydrogen-bond acceptors (Lipinski definition) is 4. The molecule has 0 unspecified atom stereocenters. The molecule has 2 amide bonds. The first-order valence-electron chi connectivity index (χ1n) is 11.4. The Bertz CT molecular complexity index is 1140. The second kappa shape index (κ2) is 9.76. The van der Waals surface area contributed by atoms with Gasteiger partial charge in [0.2, 0.25) is 0 Å². The van der Waals surface area contributed by atoms with Crippen LogP contribution in [0.2, 0.25) is 5.02 Å². The molecule has 0 aromatic heterocycles. The Morgan fingerprint density at radius 3 is 2.29 bits per heavy atom. The van der Waals surface area contributed by atoms with Gasteiger partial charge in [0, 0.05) is 57.5 Å². The lowest BCUT2D eigenvalue weighted by atomic mass is 9.71. The van der Waals surface area contributed by atoms with Gasteiger partial charge in [0.1, 0.15) is 5.84 Å². The molecule has 0 saturated carbocycles. The molecule has 0 aliphatic carbocycles. The van der Waals surface area contributed by atoms with Crippen LogP contribution in [0.5, 0.6) is 0 Å². The molecule has 2 aromatic rings. The van der Waals surface area contributed by atoms with Gasteiger partial charge in [0.05, 0.1) is 17.7 Å². The highest BCUT2D eigenvalue weighted by Gasteiger charge is 2.42. The highest BCUT2D eigenvalue weighted by molar-refractivity contribution is 6.30. The average Bonchev–Trinajstić information content (AvgIpc) is 2.81. The van der Waals surface area contributed by atoms with Gasteiger partial charge >= 0.3 is 0 Å². The number of fused-ring (bicyclic) bond motifs is 1. The minimum Gasteiger partial charge on any atom is -0.381 e. The number of nitrogens with zero attached hydrogens (tertiary/aromatic N) is 3. The maximum absolute atomic E-state index is 13.0. The molecule has 2 aliphatic rings. The fraction of sp³-hybridized carbons (Fsp3) is 0.423. The maximum Gasteiger partial charge on any atom is 0.254 e. The SMILES string of the molecule is CN(C)C(=O)c1cc2c(cc1C(=O)N(C)C)NC(=NCc1cccc(Cl)c1)C1(CCOCC1)C2. The van der Waals surface area contributed by atoms with Crippen LogP contribution in [0.4, 0.5) is 5.69 Å². The Labute approximate surface area is 205 Å². The van der Waals surface area contributed by atoms with E-state index in [9.17, 15) is 9.59 Å². The van der Waals surface area contributed by atoms with E-state index in [-0.39, 0.29) is 17.2 Å². The third-order valence-corrected chi connectivity index (χ3v) is 6.79. The lowest BCUT2D eigenvalue weighted by Gasteiger charge is -2.42. The number of halogens is 1. The molecule has 1 fully saturated rings. The number of nitrogens with one attached hydrogen (secondary N) is 1. The molecule has 4 rings (SSSR count). The summed E-state index contributed by atoms with van der Waals surface area (Å²) < 4.78 is 5.67. The van der Waals surface area contributed by atoms with E-state index in [1.165, 1.54) is 9.80 Å². The highest BCUT2D eigenvalue weighted by atomic mass is 35.5. The fourth-order valence-corrected chi connectivity index (χ4v) is 4.85. The number of rotatable bonds is 4. The number of amides is 2. The molecule has 34 heavy (non-hydrogen) atoms. The van der Waals surface area contributed by atoms with Crippen LogP contribution in [-0.2, 0) is 17.7 Å². The lowest BCUT2D eigenvalue weighted by molar-refractivity contribution is 0.0448. The van der Waals surface area contributed by atoms with Gasteiger partial charge in [0.15, 0.2) is 0 Å². The summed E-state index contributed by atoms with van der Waals surface area (Å²) in [6.45, 7) is 1.82. The zero-order valence-electron chi connectivity index (χ0n) is 20.2. The van der Waals surface area contributed by atoms with E-state index >= 15 is 0 Å². The normalized spacial score (nSPS) is 17.7. The van der Waals surface area contributed by atoms with Crippen molar-refractivity contribution in [1.29, 1.82) is 0 Å². The average molecular weight is 483 g/mol. The number of ether oxygens (including phenoxy) is 1. The quantitative estimate of drug-likeness (QED) is 0.711. The lowest BCUT2D eigenvalue weighted by Crippen LogP contribution is -2.46. The van der Waals surface area contributed by atoms with Crippen molar-refractivity contribution in [2.45, 2.75) is 25.8 Å². The van der Waals surface area contributed by atoms with Crippen molar-refractivity contribution in [3.63, 3.8) is 0 Å². The molecule has 1 spiro atoms. The fourth-order valence-electron chi connectivity index (χ4n) is 4.64. The first-order valence-corrected chi connectivity index (χ1v) is 11.8. The molecular weight excluding hydrogens is 452 g/mol. The van der Waals surface area contributed by atoms with Gasteiger partial charge in [0.25, 0.3) is 11.8 Å². The number of benzene rings is 2. The van der Waals surface area contributed by atoms with Crippen molar-refractivity contribution >= 4 is 34.9 Å². The smallest absolute Gasteiger partial charge is 0.254 e. The number of aliphatic imine (C=N–C) groups is 1. The zero-order chi connectivity index (χ0) is 24.5. The number of hydrogen-bond donors (Lipinski definition) is 1. The molecule has 1 N–H and O–H groups in total. The van der Waals surface area contributed by atoms with Crippen LogP contribution in [0.1, 0.15) is 44.7 Å². The van der Waals surface area contributed by atoms with Gasteiger partial charge in [-0.25, -0.2) is 0 Å². The molecule has 2 aromatic carbocycles. The van der Waals surface area contributed by atoms with E-state index in [2.05, 4.69) is 5.32 Å². The molecule has 0 bridgehead atoms. The summed E-state index contributed by atoms with van der Waals surface area (Å²) in [7, 11) is 6.77. The van der Waals surface area contributed by atoms with Crippen LogP contribution < -0.4 is 5.32 Å². The Hall–Kier alpha value is -2.90. The summed E-state index contributed by atoms with van der Waals surface area (Å²) in [6.07, 6.45) is 2.41. The molecular formula is C26H31ClN4O3. The first-order chi connectivity index (χ1) is 16.2.